The number of nitrogens with two attached hydrogens (primary N) is 1. The minimum Gasteiger partial charge on any atom is -0.456 e. The van der Waals surface area contributed by atoms with Crippen LogP contribution in [0.5, 0.6) is 11.5 Å². The first-order valence-corrected chi connectivity index (χ1v) is 5.49. The molecule has 88 valence electrons. The topological polar surface area (TPSA) is 35.2 Å². The van der Waals surface area contributed by atoms with Gasteiger partial charge in [0.25, 0.3) is 0 Å². The van der Waals surface area contributed by atoms with E-state index in [9.17, 15) is 4.39 Å². The van der Waals surface area contributed by atoms with Crippen molar-refractivity contribution >= 4 is 11.6 Å². The summed E-state index contributed by atoms with van der Waals surface area (Å²) in [7, 11) is 0. The van der Waals surface area contributed by atoms with E-state index in [0.717, 1.165) is 5.56 Å². The Balaban J connectivity index is 2.21. The van der Waals surface area contributed by atoms with Crippen molar-refractivity contribution in [1.82, 2.24) is 0 Å². The second kappa shape index (κ2) is 5.17. The monoisotopic (exact) mass is 251 g/mol. The summed E-state index contributed by atoms with van der Waals surface area (Å²) in [6.45, 7) is 0.427. The standard InChI is InChI=1S/C13H11ClFNO/c14-12-7-9(8-16)1-6-13(12)17-11-4-2-10(15)3-5-11/h1-7H,8,16H2. The molecule has 2 nitrogen and oxygen atoms in total. The molecule has 0 spiro atoms. The van der Waals surface area contributed by atoms with Gasteiger partial charge in [-0.05, 0) is 42.0 Å². The lowest BCUT2D eigenvalue weighted by Crippen LogP contribution is -1.96. The van der Waals surface area contributed by atoms with Crippen molar-refractivity contribution < 1.29 is 9.13 Å². The molecule has 0 aliphatic carbocycles. The summed E-state index contributed by atoms with van der Waals surface area (Å²) < 4.78 is 18.2. The smallest absolute Gasteiger partial charge is 0.146 e. The second-order valence-corrected chi connectivity index (χ2v) is 3.93. The molecule has 0 fully saturated rings. The highest BCUT2D eigenvalue weighted by molar-refractivity contribution is 6.32. The molecule has 2 N–H and O–H groups in total. The molecule has 17 heavy (non-hydrogen) atoms. The predicted octanol–water partition coefficient (Wildman–Crippen LogP) is 3.73. The highest BCUT2D eigenvalue weighted by atomic mass is 35.5. The van der Waals surface area contributed by atoms with Crippen molar-refractivity contribution in [3.63, 3.8) is 0 Å². The van der Waals surface area contributed by atoms with E-state index in [-0.39, 0.29) is 5.82 Å². The van der Waals surface area contributed by atoms with Gasteiger partial charge in [0.1, 0.15) is 17.3 Å². The molecule has 2 aromatic rings. The van der Waals surface area contributed by atoms with Crippen molar-refractivity contribution in [2.75, 3.05) is 0 Å². The van der Waals surface area contributed by atoms with Crippen molar-refractivity contribution in [2.45, 2.75) is 6.54 Å². The Morgan fingerprint density at radius 3 is 2.41 bits per heavy atom. The number of ether oxygens (including phenoxy) is 1. The van der Waals surface area contributed by atoms with E-state index in [1.54, 1.807) is 24.3 Å². The van der Waals surface area contributed by atoms with Gasteiger partial charge in [0, 0.05) is 6.54 Å². The van der Waals surface area contributed by atoms with Gasteiger partial charge < -0.3 is 10.5 Å². The van der Waals surface area contributed by atoms with Crippen LogP contribution in [0.4, 0.5) is 4.39 Å². The zero-order valence-corrected chi connectivity index (χ0v) is 9.75. The van der Waals surface area contributed by atoms with Gasteiger partial charge in [-0.1, -0.05) is 17.7 Å². The zero-order valence-electron chi connectivity index (χ0n) is 8.99. The van der Waals surface area contributed by atoms with E-state index in [2.05, 4.69) is 0 Å². The van der Waals surface area contributed by atoms with E-state index in [1.807, 2.05) is 6.07 Å². The molecule has 0 amide bonds. The molecule has 4 heteroatoms. The van der Waals surface area contributed by atoms with Crippen LogP contribution in [0.15, 0.2) is 42.5 Å². The van der Waals surface area contributed by atoms with Gasteiger partial charge in [-0.3, -0.25) is 0 Å². The summed E-state index contributed by atoms with van der Waals surface area (Å²) >= 11 is 6.03. The van der Waals surface area contributed by atoms with Gasteiger partial charge >= 0.3 is 0 Å². The van der Waals surface area contributed by atoms with Gasteiger partial charge in [-0.25, -0.2) is 4.39 Å². The first kappa shape index (κ1) is 11.9. The maximum atomic E-state index is 12.7. The third kappa shape index (κ3) is 2.96. The SMILES string of the molecule is NCc1ccc(Oc2ccc(F)cc2)c(Cl)c1. The lowest BCUT2D eigenvalue weighted by molar-refractivity contribution is 0.480. The Morgan fingerprint density at radius 1 is 1.12 bits per heavy atom. The molecule has 0 bridgehead atoms. The summed E-state index contributed by atoms with van der Waals surface area (Å²) in [5.41, 5.74) is 6.43. The first-order valence-electron chi connectivity index (χ1n) is 5.11. The molecule has 0 unspecified atom stereocenters. The number of hydrogen-bond acceptors (Lipinski definition) is 2. The summed E-state index contributed by atoms with van der Waals surface area (Å²) in [5.74, 6) is 0.756. The van der Waals surface area contributed by atoms with Crippen LogP contribution in [-0.2, 0) is 6.54 Å². The molecule has 0 saturated heterocycles. The number of halogens is 2. The quantitative estimate of drug-likeness (QED) is 0.902. The molecule has 0 saturated carbocycles. The molecular weight excluding hydrogens is 241 g/mol. The Hall–Kier alpha value is -1.58. The number of hydrogen-bond donors (Lipinski definition) is 1. The van der Waals surface area contributed by atoms with E-state index in [0.29, 0.717) is 23.1 Å². The Morgan fingerprint density at radius 2 is 1.82 bits per heavy atom. The minimum atomic E-state index is -0.304. The van der Waals surface area contributed by atoms with Gasteiger partial charge in [-0.2, -0.15) is 0 Å². The Bertz CT molecular complexity index is 513. The molecule has 0 aliphatic rings. The third-order valence-corrected chi connectivity index (χ3v) is 2.57. The van der Waals surface area contributed by atoms with E-state index >= 15 is 0 Å². The van der Waals surface area contributed by atoms with Crippen LogP contribution < -0.4 is 10.5 Å². The lowest BCUT2D eigenvalue weighted by Gasteiger charge is -2.08. The Labute approximate surface area is 104 Å². The fraction of sp³-hybridized carbons (Fsp3) is 0.0769. The zero-order chi connectivity index (χ0) is 12.3. The number of benzene rings is 2. The maximum Gasteiger partial charge on any atom is 0.146 e. The second-order valence-electron chi connectivity index (χ2n) is 3.52. The van der Waals surface area contributed by atoms with Crippen molar-refractivity contribution in [1.29, 1.82) is 0 Å². The molecular formula is C13H11ClFNO. The summed E-state index contributed by atoms with van der Waals surface area (Å²) in [4.78, 5) is 0. The molecule has 0 radical (unpaired) electrons. The highest BCUT2D eigenvalue weighted by Gasteiger charge is 2.04. The van der Waals surface area contributed by atoms with Crippen LogP contribution in [0.1, 0.15) is 5.56 Å². The maximum absolute atomic E-state index is 12.7. The average Bonchev–Trinajstić information content (AvgIpc) is 2.34. The molecule has 0 aromatic heterocycles. The van der Waals surface area contributed by atoms with Crippen molar-refractivity contribution in [2.24, 2.45) is 5.73 Å². The number of rotatable bonds is 3. The highest BCUT2D eigenvalue weighted by Crippen LogP contribution is 2.30. The first-order chi connectivity index (χ1) is 8.19. The van der Waals surface area contributed by atoms with Gasteiger partial charge in [0.2, 0.25) is 0 Å². The van der Waals surface area contributed by atoms with Crippen LogP contribution in [0, 0.1) is 5.82 Å². The summed E-state index contributed by atoms with van der Waals surface area (Å²) in [5, 5.41) is 0.484. The van der Waals surface area contributed by atoms with E-state index in [4.69, 9.17) is 22.1 Å². The summed E-state index contributed by atoms with van der Waals surface area (Å²) in [6.07, 6.45) is 0. The molecule has 0 heterocycles. The van der Waals surface area contributed by atoms with E-state index in [1.165, 1.54) is 12.1 Å². The van der Waals surface area contributed by atoms with Crippen molar-refractivity contribution in [3.05, 3.63) is 58.9 Å². The normalized spacial score (nSPS) is 10.3. The molecule has 2 rings (SSSR count). The largest absolute Gasteiger partial charge is 0.456 e. The molecule has 2 aromatic carbocycles. The van der Waals surface area contributed by atoms with Gasteiger partial charge in [0.15, 0.2) is 0 Å². The fourth-order valence-corrected chi connectivity index (χ4v) is 1.63. The van der Waals surface area contributed by atoms with Crippen LogP contribution in [-0.4, -0.2) is 0 Å². The minimum absolute atomic E-state index is 0.304. The average molecular weight is 252 g/mol. The Kier molecular flexibility index (Phi) is 3.61. The third-order valence-electron chi connectivity index (χ3n) is 2.27. The van der Waals surface area contributed by atoms with Gasteiger partial charge in [-0.15, -0.1) is 0 Å². The predicted molar refractivity (Wildman–Crippen MR) is 65.8 cm³/mol. The van der Waals surface area contributed by atoms with Crippen LogP contribution >= 0.6 is 11.6 Å². The summed E-state index contributed by atoms with van der Waals surface area (Å²) in [6, 6.07) is 11.1. The van der Waals surface area contributed by atoms with E-state index < -0.39 is 0 Å². The van der Waals surface area contributed by atoms with Crippen LogP contribution in [0.2, 0.25) is 5.02 Å². The van der Waals surface area contributed by atoms with Gasteiger partial charge in [0.05, 0.1) is 5.02 Å². The fourth-order valence-electron chi connectivity index (χ4n) is 1.38. The lowest BCUT2D eigenvalue weighted by atomic mass is 10.2. The van der Waals surface area contributed by atoms with Crippen LogP contribution in [0.3, 0.4) is 0 Å². The molecule has 0 aliphatic heterocycles. The van der Waals surface area contributed by atoms with Crippen LogP contribution in [0.25, 0.3) is 0 Å². The molecule has 0 atom stereocenters. The van der Waals surface area contributed by atoms with Crippen molar-refractivity contribution in [3.8, 4) is 11.5 Å².